The van der Waals surface area contributed by atoms with E-state index >= 15 is 0 Å². The maximum Gasteiger partial charge on any atom is 0.230 e. The maximum absolute atomic E-state index is 14.3. The highest BCUT2D eigenvalue weighted by molar-refractivity contribution is 5.91. The number of hydrogen-bond acceptors (Lipinski definition) is 2. The van der Waals surface area contributed by atoms with Crippen LogP contribution in [0, 0.1) is 22.9 Å². The van der Waals surface area contributed by atoms with Crippen molar-refractivity contribution in [2.75, 3.05) is 19.8 Å². The molecular formula is C21H19F3N2O2. The predicted octanol–water partition coefficient (Wildman–Crippen LogP) is 3.95. The van der Waals surface area contributed by atoms with E-state index in [-0.39, 0.29) is 17.2 Å². The van der Waals surface area contributed by atoms with Crippen LogP contribution in [-0.2, 0) is 16.0 Å². The van der Waals surface area contributed by atoms with Crippen molar-refractivity contribution in [2.45, 2.75) is 13.3 Å². The molecule has 2 heterocycles. The number of carbonyl (C=O) groups is 1. The zero-order valence-electron chi connectivity index (χ0n) is 15.2. The molecular weight excluding hydrogens is 369 g/mol. The van der Waals surface area contributed by atoms with Gasteiger partial charge < -0.3 is 15.0 Å². The average Bonchev–Trinajstić information content (AvgIpc) is 2.99. The van der Waals surface area contributed by atoms with E-state index in [4.69, 9.17) is 4.74 Å². The van der Waals surface area contributed by atoms with Gasteiger partial charge in [-0.05, 0) is 54.8 Å². The Morgan fingerprint density at radius 3 is 2.50 bits per heavy atom. The number of halogens is 3. The summed E-state index contributed by atoms with van der Waals surface area (Å²) in [5, 5.41) is 3.27. The van der Waals surface area contributed by atoms with Gasteiger partial charge in [0.05, 0.1) is 24.1 Å². The summed E-state index contributed by atoms with van der Waals surface area (Å²) in [5.41, 5.74) is 1.54. The van der Waals surface area contributed by atoms with Crippen LogP contribution in [0.2, 0.25) is 0 Å². The number of aromatic amines is 1. The lowest BCUT2D eigenvalue weighted by Crippen LogP contribution is -2.52. The van der Waals surface area contributed by atoms with Gasteiger partial charge in [-0.2, -0.15) is 0 Å². The van der Waals surface area contributed by atoms with E-state index in [9.17, 15) is 18.0 Å². The summed E-state index contributed by atoms with van der Waals surface area (Å²) >= 11 is 0. The van der Waals surface area contributed by atoms with Gasteiger partial charge in [-0.3, -0.25) is 4.79 Å². The van der Waals surface area contributed by atoms with Crippen molar-refractivity contribution in [3.05, 3.63) is 59.4 Å². The molecule has 0 radical (unpaired) electrons. The molecule has 0 aliphatic carbocycles. The molecule has 3 aromatic rings. The largest absolute Gasteiger partial charge is 0.379 e. The zero-order valence-corrected chi connectivity index (χ0v) is 15.2. The maximum atomic E-state index is 14.3. The molecule has 2 aromatic carbocycles. The van der Waals surface area contributed by atoms with Gasteiger partial charge in [0.1, 0.15) is 17.5 Å². The third-order valence-corrected chi connectivity index (χ3v) is 5.11. The summed E-state index contributed by atoms with van der Waals surface area (Å²) in [7, 11) is 0. The number of carbonyl (C=O) groups excluding carboxylic acids is 1. The Labute approximate surface area is 159 Å². The fourth-order valence-electron chi connectivity index (χ4n) is 3.45. The standard InChI is InChI=1S/C21H19F3N2O2/c1-21(10-28-11-21)20(27)25-7-6-15-16-8-14(23)9-17(24)19(16)26-18(15)12-2-4-13(22)5-3-12/h2-5,8-9,26H,6-7,10-11H2,1H3,(H,25,27). The third kappa shape index (κ3) is 3.26. The summed E-state index contributed by atoms with van der Waals surface area (Å²) in [5.74, 6) is -1.88. The molecule has 28 heavy (non-hydrogen) atoms. The second kappa shape index (κ2) is 6.98. The summed E-state index contributed by atoms with van der Waals surface area (Å²) < 4.78 is 46.5. The lowest BCUT2D eigenvalue weighted by Gasteiger charge is -2.36. The van der Waals surface area contributed by atoms with Crippen molar-refractivity contribution in [2.24, 2.45) is 5.41 Å². The fraction of sp³-hybridized carbons (Fsp3) is 0.286. The van der Waals surface area contributed by atoms with Gasteiger partial charge in [0.2, 0.25) is 5.91 Å². The number of rotatable bonds is 5. The number of amides is 1. The van der Waals surface area contributed by atoms with E-state index in [1.165, 1.54) is 18.2 Å². The van der Waals surface area contributed by atoms with E-state index in [1.807, 2.05) is 6.92 Å². The number of H-pyrrole nitrogens is 1. The minimum absolute atomic E-state index is 0.112. The minimum atomic E-state index is -0.701. The smallest absolute Gasteiger partial charge is 0.230 e. The second-order valence-electron chi connectivity index (χ2n) is 7.35. The minimum Gasteiger partial charge on any atom is -0.379 e. The SMILES string of the molecule is CC1(C(=O)NCCc2c(-c3ccc(F)cc3)[nH]c3c(F)cc(F)cc23)COC1. The molecule has 1 aromatic heterocycles. The van der Waals surface area contributed by atoms with Crippen LogP contribution in [-0.4, -0.2) is 30.6 Å². The molecule has 146 valence electrons. The molecule has 0 spiro atoms. The van der Waals surface area contributed by atoms with Gasteiger partial charge in [-0.25, -0.2) is 13.2 Å². The summed E-state index contributed by atoms with van der Waals surface area (Å²) in [4.78, 5) is 15.3. The lowest BCUT2D eigenvalue weighted by atomic mass is 9.87. The first-order valence-corrected chi connectivity index (χ1v) is 8.99. The van der Waals surface area contributed by atoms with E-state index in [0.717, 1.165) is 6.07 Å². The van der Waals surface area contributed by atoms with Gasteiger partial charge in [0, 0.05) is 23.7 Å². The molecule has 1 amide bonds. The first kappa shape index (κ1) is 18.6. The molecule has 1 saturated heterocycles. The molecule has 7 heteroatoms. The second-order valence-corrected chi connectivity index (χ2v) is 7.35. The fourth-order valence-corrected chi connectivity index (χ4v) is 3.45. The van der Waals surface area contributed by atoms with E-state index in [0.29, 0.717) is 48.4 Å². The van der Waals surface area contributed by atoms with Crippen LogP contribution in [0.25, 0.3) is 22.2 Å². The third-order valence-electron chi connectivity index (χ3n) is 5.11. The molecule has 1 aliphatic rings. The Morgan fingerprint density at radius 2 is 1.86 bits per heavy atom. The van der Waals surface area contributed by atoms with E-state index < -0.39 is 17.0 Å². The van der Waals surface area contributed by atoms with Crippen LogP contribution >= 0.6 is 0 Å². The Balaban J connectivity index is 1.67. The molecule has 2 N–H and O–H groups in total. The monoisotopic (exact) mass is 388 g/mol. The predicted molar refractivity (Wildman–Crippen MR) is 99.2 cm³/mol. The van der Waals surface area contributed by atoms with Gasteiger partial charge in [-0.1, -0.05) is 0 Å². The topological polar surface area (TPSA) is 54.1 Å². The van der Waals surface area contributed by atoms with Crippen molar-refractivity contribution in [1.29, 1.82) is 0 Å². The highest BCUT2D eigenvalue weighted by atomic mass is 19.1. The normalized spacial score (nSPS) is 15.4. The van der Waals surface area contributed by atoms with Crippen LogP contribution in [0.5, 0.6) is 0 Å². The first-order chi connectivity index (χ1) is 13.4. The van der Waals surface area contributed by atoms with Crippen molar-refractivity contribution in [3.8, 4) is 11.3 Å². The number of nitrogens with one attached hydrogen (secondary N) is 2. The number of benzene rings is 2. The van der Waals surface area contributed by atoms with Crippen LogP contribution < -0.4 is 5.32 Å². The van der Waals surface area contributed by atoms with Crippen LogP contribution in [0.4, 0.5) is 13.2 Å². The van der Waals surface area contributed by atoms with E-state index in [1.54, 1.807) is 12.1 Å². The van der Waals surface area contributed by atoms with Gasteiger partial charge in [-0.15, -0.1) is 0 Å². The molecule has 1 aliphatic heterocycles. The molecule has 0 bridgehead atoms. The van der Waals surface area contributed by atoms with Gasteiger partial charge >= 0.3 is 0 Å². The molecule has 1 fully saturated rings. The highest BCUT2D eigenvalue weighted by Crippen LogP contribution is 2.33. The number of ether oxygens (including phenoxy) is 1. The summed E-state index contributed by atoms with van der Waals surface area (Å²) in [6.45, 7) is 2.88. The van der Waals surface area contributed by atoms with E-state index in [2.05, 4.69) is 10.3 Å². The van der Waals surface area contributed by atoms with Crippen molar-refractivity contribution in [1.82, 2.24) is 10.3 Å². The molecule has 4 rings (SSSR count). The summed E-state index contributed by atoms with van der Waals surface area (Å²) in [6, 6.07) is 7.84. The average molecular weight is 388 g/mol. The van der Waals surface area contributed by atoms with Gasteiger partial charge in [0.15, 0.2) is 0 Å². The van der Waals surface area contributed by atoms with Gasteiger partial charge in [0.25, 0.3) is 0 Å². The van der Waals surface area contributed by atoms with Crippen LogP contribution in [0.1, 0.15) is 12.5 Å². The Morgan fingerprint density at radius 1 is 1.14 bits per heavy atom. The summed E-state index contributed by atoms with van der Waals surface area (Å²) in [6.07, 6.45) is 0.359. The lowest BCUT2D eigenvalue weighted by molar-refractivity contribution is -0.157. The Hall–Kier alpha value is -2.80. The van der Waals surface area contributed by atoms with Crippen molar-refractivity contribution in [3.63, 3.8) is 0 Å². The Bertz CT molecular complexity index is 1040. The highest BCUT2D eigenvalue weighted by Gasteiger charge is 2.40. The quantitative estimate of drug-likeness (QED) is 0.696. The number of aromatic nitrogens is 1. The first-order valence-electron chi connectivity index (χ1n) is 8.99. The molecule has 0 saturated carbocycles. The van der Waals surface area contributed by atoms with Crippen LogP contribution in [0.3, 0.4) is 0 Å². The molecule has 0 atom stereocenters. The Kier molecular flexibility index (Phi) is 4.63. The number of hydrogen-bond donors (Lipinski definition) is 2. The molecule has 0 unspecified atom stereocenters. The van der Waals surface area contributed by atoms with Crippen molar-refractivity contribution < 1.29 is 22.7 Å². The number of fused-ring (bicyclic) bond motifs is 1. The zero-order chi connectivity index (χ0) is 19.9. The van der Waals surface area contributed by atoms with Crippen molar-refractivity contribution >= 4 is 16.8 Å². The molecule has 4 nitrogen and oxygen atoms in total. The van der Waals surface area contributed by atoms with Crippen LogP contribution in [0.15, 0.2) is 36.4 Å².